The summed E-state index contributed by atoms with van der Waals surface area (Å²) in [6.07, 6.45) is 8.49. The second-order valence-corrected chi connectivity index (χ2v) is 10.3. The van der Waals surface area contributed by atoms with E-state index in [0.717, 1.165) is 12.0 Å². The van der Waals surface area contributed by atoms with Crippen LogP contribution in [-0.2, 0) is 11.2 Å². The third-order valence-corrected chi connectivity index (χ3v) is 7.94. The molecule has 1 fully saturated rings. The molecule has 1 aliphatic heterocycles. The molecular formula is C29H40N2O5. The van der Waals surface area contributed by atoms with E-state index in [1.54, 1.807) is 6.20 Å². The molecule has 2 aromatic heterocycles. The van der Waals surface area contributed by atoms with E-state index in [4.69, 9.17) is 9.15 Å². The van der Waals surface area contributed by atoms with Crippen LogP contribution in [0.5, 0.6) is 0 Å². The molecule has 0 aliphatic carbocycles. The molecule has 7 heteroatoms. The van der Waals surface area contributed by atoms with Gasteiger partial charge < -0.3 is 19.4 Å². The predicted molar refractivity (Wildman–Crippen MR) is 141 cm³/mol. The summed E-state index contributed by atoms with van der Waals surface area (Å²) in [5.41, 5.74) is 7.28. The topological polar surface area (TPSA) is 97.7 Å². The largest absolute Gasteiger partial charge is 0.437 e. The Balaban J connectivity index is 1.63. The normalized spacial score (nSPS) is 20.0. The average Bonchev–Trinajstić information content (AvgIpc) is 3.43. The van der Waals surface area contributed by atoms with Crippen LogP contribution in [0.3, 0.4) is 0 Å². The molecule has 196 valence electrons. The minimum atomic E-state index is -0.825. The molecule has 4 rings (SSSR count). The summed E-state index contributed by atoms with van der Waals surface area (Å²) in [6.45, 7) is 10.6. The Morgan fingerprint density at radius 3 is 2.33 bits per heavy atom. The van der Waals surface area contributed by atoms with E-state index in [-0.39, 0.29) is 18.7 Å². The first-order valence-corrected chi connectivity index (χ1v) is 13.3. The number of hydrogen-bond acceptors (Lipinski definition) is 6. The number of aliphatic hydroxyl groups excluding tert-OH is 2. The van der Waals surface area contributed by atoms with Gasteiger partial charge in [-0.1, -0.05) is 39.0 Å². The Kier molecular flexibility index (Phi) is 8.33. The molecular weight excluding hydrogens is 456 g/mol. The van der Waals surface area contributed by atoms with Crippen LogP contribution in [0.1, 0.15) is 85.9 Å². The number of rotatable bonds is 10. The van der Waals surface area contributed by atoms with Gasteiger partial charge in [-0.25, -0.2) is 4.79 Å². The van der Waals surface area contributed by atoms with Crippen molar-refractivity contribution in [3.05, 3.63) is 50.6 Å². The van der Waals surface area contributed by atoms with Crippen molar-refractivity contribution >= 4 is 11.1 Å². The maximum absolute atomic E-state index is 12.7. The molecule has 0 amide bonds. The highest BCUT2D eigenvalue weighted by Crippen LogP contribution is 2.37. The zero-order valence-corrected chi connectivity index (χ0v) is 22.3. The minimum absolute atomic E-state index is 0.222. The van der Waals surface area contributed by atoms with Gasteiger partial charge in [0, 0.05) is 18.2 Å². The van der Waals surface area contributed by atoms with Crippen LogP contribution in [0.15, 0.2) is 21.5 Å². The van der Waals surface area contributed by atoms with Crippen LogP contribution in [0.25, 0.3) is 22.4 Å². The van der Waals surface area contributed by atoms with Crippen molar-refractivity contribution in [3.8, 4) is 11.3 Å². The Bertz CT molecular complexity index is 1250. The van der Waals surface area contributed by atoms with E-state index in [2.05, 4.69) is 39.6 Å². The maximum atomic E-state index is 12.7. The second kappa shape index (κ2) is 11.3. The molecule has 1 aliphatic rings. The molecule has 0 spiro atoms. The van der Waals surface area contributed by atoms with Gasteiger partial charge in [0.05, 0.1) is 18.1 Å². The van der Waals surface area contributed by atoms with Crippen molar-refractivity contribution in [2.75, 3.05) is 6.61 Å². The SMILES string of the molecule is CCCCCCCCc1c(C)c(C)c(-c2cc3cn(C4C[C@@H](O)C(CO)O4)c(=O)nc3o2)c(C)c1C. The van der Waals surface area contributed by atoms with Crippen LogP contribution in [-0.4, -0.2) is 38.6 Å². The van der Waals surface area contributed by atoms with Gasteiger partial charge in [0.2, 0.25) is 5.71 Å². The molecule has 3 heterocycles. The lowest BCUT2D eigenvalue weighted by atomic mass is 9.86. The monoisotopic (exact) mass is 496 g/mol. The van der Waals surface area contributed by atoms with Crippen molar-refractivity contribution in [1.82, 2.24) is 9.55 Å². The van der Waals surface area contributed by atoms with E-state index in [0.29, 0.717) is 11.1 Å². The van der Waals surface area contributed by atoms with Crippen molar-refractivity contribution in [2.45, 2.75) is 104 Å². The van der Waals surface area contributed by atoms with Gasteiger partial charge in [-0.15, -0.1) is 0 Å². The quantitative estimate of drug-likeness (QED) is 0.363. The number of furan rings is 1. The van der Waals surface area contributed by atoms with E-state index >= 15 is 0 Å². The molecule has 0 bridgehead atoms. The highest BCUT2D eigenvalue weighted by Gasteiger charge is 2.35. The smallest absolute Gasteiger partial charge is 0.353 e. The zero-order valence-electron chi connectivity index (χ0n) is 22.3. The molecule has 2 unspecified atom stereocenters. The van der Waals surface area contributed by atoms with E-state index in [1.165, 1.54) is 70.9 Å². The van der Waals surface area contributed by atoms with Gasteiger partial charge in [0.15, 0.2) is 0 Å². The van der Waals surface area contributed by atoms with E-state index in [9.17, 15) is 15.0 Å². The van der Waals surface area contributed by atoms with Crippen LogP contribution in [0, 0.1) is 27.7 Å². The van der Waals surface area contributed by atoms with Gasteiger partial charge in [0.25, 0.3) is 0 Å². The first-order valence-electron chi connectivity index (χ1n) is 13.3. The van der Waals surface area contributed by atoms with Crippen LogP contribution in [0.2, 0.25) is 0 Å². The van der Waals surface area contributed by atoms with E-state index in [1.807, 2.05) is 6.07 Å². The molecule has 1 aromatic carbocycles. The lowest BCUT2D eigenvalue weighted by Gasteiger charge is -2.19. The third-order valence-electron chi connectivity index (χ3n) is 7.94. The van der Waals surface area contributed by atoms with Crippen LogP contribution < -0.4 is 5.69 Å². The van der Waals surface area contributed by atoms with Gasteiger partial charge >= 0.3 is 5.69 Å². The number of ether oxygens (including phenoxy) is 1. The van der Waals surface area contributed by atoms with E-state index < -0.39 is 24.1 Å². The number of nitrogens with zero attached hydrogens (tertiary/aromatic N) is 2. The highest BCUT2D eigenvalue weighted by molar-refractivity contribution is 5.82. The molecule has 7 nitrogen and oxygen atoms in total. The number of aliphatic hydroxyl groups is 2. The van der Waals surface area contributed by atoms with Crippen molar-refractivity contribution in [2.24, 2.45) is 0 Å². The fourth-order valence-electron chi connectivity index (χ4n) is 5.52. The predicted octanol–water partition coefficient (Wildman–Crippen LogP) is 5.43. The van der Waals surface area contributed by atoms with Crippen molar-refractivity contribution < 1.29 is 19.4 Å². The Hall–Kier alpha value is -2.48. The molecule has 3 atom stereocenters. The highest BCUT2D eigenvalue weighted by atomic mass is 16.5. The summed E-state index contributed by atoms with van der Waals surface area (Å²) in [7, 11) is 0. The number of hydrogen-bond donors (Lipinski definition) is 2. The zero-order chi connectivity index (χ0) is 26.0. The number of fused-ring (bicyclic) bond motifs is 1. The third kappa shape index (κ3) is 5.15. The molecule has 2 N–H and O–H groups in total. The molecule has 36 heavy (non-hydrogen) atoms. The summed E-state index contributed by atoms with van der Waals surface area (Å²) >= 11 is 0. The average molecular weight is 497 g/mol. The Morgan fingerprint density at radius 2 is 1.69 bits per heavy atom. The molecule has 3 aromatic rings. The van der Waals surface area contributed by atoms with Crippen LogP contribution in [0.4, 0.5) is 0 Å². The minimum Gasteiger partial charge on any atom is -0.437 e. The first-order chi connectivity index (χ1) is 17.3. The van der Waals surface area contributed by atoms with Gasteiger partial charge in [-0.3, -0.25) is 4.57 Å². The lowest BCUT2D eigenvalue weighted by Crippen LogP contribution is -2.27. The Labute approximate surface area is 213 Å². The van der Waals surface area contributed by atoms with Crippen molar-refractivity contribution in [3.63, 3.8) is 0 Å². The lowest BCUT2D eigenvalue weighted by molar-refractivity contribution is -0.0457. The summed E-state index contributed by atoms with van der Waals surface area (Å²) in [5, 5.41) is 20.1. The molecule has 1 saturated heterocycles. The Morgan fingerprint density at radius 1 is 1.03 bits per heavy atom. The summed E-state index contributed by atoms with van der Waals surface area (Å²) in [5.74, 6) is 0.697. The first kappa shape index (κ1) is 26.6. The number of benzene rings is 1. The fourth-order valence-corrected chi connectivity index (χ4v) is 5.52. The maximum Gasteiger partial charge on any atom is 0.353 e. The fraction of sp³-hybridized carbons (Fsp3) is 0.586. The number of aromatic nitrogens is 2. The summed E-state index contributed by atoms with van der Waals surface area (Å²) < 4.78 is 13.1. The van der Waals surface area contributed by atoms with Gasteiger partial charge in [0.1, 0.15) is 18.1 Å². The van der Waals surface area contributed by atoms with Crippen LogP contribution >= 0.6 is 0 Å². The standard InChI is InChI=1S/C29H40N2O5/c1-6-7-8-9-10-11-12-22-17(2)19(4)27(20(5)18(22)3)24-13-21-15-31(29(34)30-28(21)36-24)26-14-23(33)25(16-32)35-26/h13,15,23,25-26,32-33H,6-12,14,16H2,1-5H3/t23-,25?,26?/m1/s1. The second-order valence-electron chi connectivity index (χ2n) is 10.3. The van der Waals surface area contributed by atoms with Gasteiger partial charge in [-0.05, 0) is 74.4 Å². The van der Waals surface area contributed by atoms with Crippen molar-refractivity contribution in [1.29, 1.82) is 0 Å². The number of unbranched alkanes of at least 4 members (excludes halogenated alkanes) is 5. The molecule has 0 radical (unpaired) electrons. The van der Waals surface area contributed by atoms with Gasteiger partial charge in [-0.2, -0.15) is 4.98 Å². The summed E-state index contributed by atoms with van der Waals surface area (Å²) in [6, 6.07) is 1.93. The molecule has 0 saturated carbocycles. The summed E-state index contributed by atoms with van der Waals surface area (Å²) in [4.78, 5) is 16.9.